The second-order valence-corrected chi connectivity index (χ2v) is 4.58. The predicted molar refractivity (Wildman–Crippen MR) is 62.3 cm³/mol. The minimum atomic E-state index is -0.0370. The monoisotopic (exact) mass is 280 g/mol. The van der Waals surface area contributed by atoms with E-state index in [1.54, 1.807) is 12.1 Å². The second kappa shape index (κ2) is 3.59. The number of aromatic amines is 1. The SMILES string of the molecule is O=c1[nH]c(-c2ccc(Br)o2)nc2c1CCC2. The zero-order chi connectivity index (χ0) is 11.1. The summed E-state index contributed by atoms with van der Waals surface area (Å²) in [6.45, 7) is 0. The molecule has 0 fully saturated rings. The van der Waals surface area contributed by atoms with Crippen LogP contribution in [0, 0.1) is 0 Å². The smallest absolute Gasteiger partial charge is 0.254 e. The molecule has 4 nitrogen and oxygen atoms in total. The Morgan fingerprint density at radius 1 is 1.38 bits per heavy atom. The molecule has 0 spiro atoms. The third-order valence-corrected chi connectivity index (χ3v) is 3.17. The van der Waals surface area contributed by atoms with Crippen molar-refractivity contribution in [1.29, 1.82) is 0 Å². The first-order valence-electron chi connectivity index (χ1n) is 5.12. The quantitative estimate of drug-likeness (QED) is 0.872. The fourth-order valence-corrected chi connectivity index (χ4v) is 2.31. The first-order valence-corrected chi connectivity index (χ1v) is 5.91. The van der Waals surface area contributed by atoms with Crippen molar-refractivity contribution in [2.24, 2.45) is 0 Å². The van der Waals surface area contributed by atoms with Crippen LogP contribution in [0.5, 0.6) is 0 Å². The molecule has 0 bridgehead atoms. The van der Waals surface area contributed by atoms with Crippen molar-refractivity contribution in [3.8, 4) is 11.6 Å². The Morgan fingerprint density at radius 2 is 2.25 bits per heavy atom. The standard InChI is InChI=1S/C11H9BrN2O2/c12-9-5-4-8(16-9)10-13-7-3-1-2-6(7)11(15)14-10/h4-5H,1-3H2,(H,13,14,15). The van der Waals surface area contributed by atoms with E-state index < -0.39 is 0 Å². The molecular formula is C11H9BrN2O2. The number of furan rings is 1. The number of aryl methyl sites for hydroxylation is 1. The normalized spacial score (nSPS) is 14.1. The van der Waals surface area contributed by atoms with E-state index in [1.165, 1.54) is 0 Å². The average molecular weight is 281 g/mol. The molecule has 1 N–H and O–H groups in total. The van der Waals surface area contributed by atoms with Gasteiger partial charge in [0, 0.05) is 5.56 Å². The van der Waals surface area contributed by atoms with Gasteiger partial charge in [-0.25, -0.2) is 4.98 Å². The van der Waals surface area contributed by atoms with E-state index >= 15 is 0 Å². The molecule has 2 aromatic rings. The predicted octanol–water partition coefficient (Wildman–Crippen LogP) is 2.28. The lowest BCUT2D eigenvalue weighted by Gasteiger charge is -2.00. The van der Waals surface area contributed by atoms with E-state index in [-0.39, 0.29) is 5.56 Å². The minimum Gasteiger partial charge on any atom is -0.446 e. The van der Waals surface area contributed by atoms with E-state index in [9.17, 15) is 4.79 Å². The molecule has 3 rings (SSSR count). The van der Waals surface area contributed by atoms with Crippen LogP contribution in [-0.4, -0.2) is 9.97 Å². The van der Waals surface area contributed by atoms with E-state index in [4.69, 9.17) is 4.42 Å². The van der Waals surface area contributed by atoms with E-state index in [2.05, 4.69) is 25.9 Å². The van der Waals surface area contributed by atoms with Crippen LogP contribution in [0.3, 0.4) is 0 Å². The van der Waals surface area contributed by atoms with Gasteiger partial charge in [-0.15, -0.1) is 0 Å². The summed E-state index contributed by atoms with van der Waals surface area (Å²) < 4.78 is 6.00. The number of H-pyrrole nitrogens is 1. The van der Waals surface area contributed by atoms with Crippen LogP contribution < -0.4 is 5.56 Å². The Labute approximate surface area is 99.8 Å². The first kappa shape index (κ1) is 9.84. The number of halogens is 1. The molecule has 5 heteroatoms. The van der Waals surface area contributed by atoms with Gasteiger partial charge < -0.3 is 9.40 Å². The highest BCUT2D eigenvalue weighted by Gasteiger charge is 2.18. The zero-order valence-corrected chi connectivity index (χ0v) is 10.0. The summed E-state index contributed by atoms with van der Waals surface area (Å²) in [7, 11) is 0. The van der Waals surface area contributed by atoms with Gasteiger partial charge in [0.05, 0.1) is 5.69 Å². The fourth-order valence-electron chi connectivity index (χ4n) is 2.00. The van der Waals surface area contributed by atoms with Crippen molar-refractivity contribution in [3.05, 3.63) is 38.4 Å². The molecule has 1 aliphatic carbocycles. The van der Waals surface area contributed by atoms with Gasteiger partial charge in [0.15, 0.2) is 16.3 Å². The highest BCUT2D eigenvalue weighted by molar-refractivity contribution is 9.10. The molecule has 2 heterocycles. The molecule has 0 atom stereocenters. The lowest BCUT2D eigenvalue weighted by atomic mass is 10.2. The van der Waals surface area contributed by atoms with Gasteiger partial charge in [-0.3, -0.25) is 4.79 Å². The number of fused-ring (bicyclic) bond motifs is 1. The van der Waals surface area contributed by atoms with Gasteiger partial charge in [-0.1, -0.05) is 0 Å². The van der Waals surface area contributed by atoms with Crippen LogP contribution in [0.1, 0.15) is 17.7 Å². The Hall–Kier alpha value is -1.36. The summed E-state index contributed by atoms with van der Waals surface area (Å²) in [6, 6.07) is 3.56. The molecule has 0 aromatic carbocycles. The maximum absolute atomic E-state index is 11.8. The topological polar surface area (TPSA) is 58.9 Å². The van der Waals surface area contributed by atoms with Crippen LogP contribution >= 0.6 is 15.9 Å². The highest BCUT2D eigenvalue weighted by atomic mass is 79.9. The molecule has 2 aromatic heterocycles. The van der Waals surface area contributed by atoms with Crippen molar-refractivity contribution >= 4 is 15.9 Å². The number of nitrogens with one attached hydrogen (secondary N) is 1. The zero-order valence-electron chi connectivity index (χ0n) is 8.42. The number of aromatic nitrogens is 2. The maximum atomic E-state index is 11.8. The third kappa shape index (κ3) is 1.51. The van der Waals surface area contributed by atoms with Crippen molar-refractivity contribution in [3.63, 3.8) is 0 Å². The molecule has 0 radical (unpaired) electrons. The molecular weight excluding hydrogens is 272 g/mol. The van der Waals surface area contributed by atoms with Crippen molar-refractivity contribution in [2.75, 3.05) is 0 Å². The van der Waals surface area contributed by atoms with Gasteiger partial charge in [0.1, 0.15) is 0 Å². The maximum Gasteiger partial charge on any atom is 0.254 e. The molecule has 82 valence electrons. The second-order valence-electron chi connectivity index (χ2n) is 3.80. The summed E-state index contributed by atoms with van der Waals surface area (Å²) in [5.41, 5.74) is 1.70. The first-order chi connectivity index (χ1) is 7.74. The Kier molecular flexibility index (Phi) is 2.21. The number of rotatable bonds is 1. The molecule has 1 aliphatic rings. The van der Waals surface area contributed by atoms with Crippen LogP contribution in [0.2, 0.25) is 0 Å². The molecule has 0 amide bonds. The summed E-state index contributed by atoms with van der Waals surface area (Å²) >= 11 is 3.22. The molecule has 0 aliphatic heterocycles. The van der Waals surface area contributed by atoms with Crippen LogP contribution in [-0.2, 0) is 12.8 Å². The van der Waals surface area contributed by atoms with Gasteiger partial charge in [0.2, 0.25) is 0 Å². The summed E-state index contributed by atoms with van der Waals surface area (Å²) in [5.74, 6) is 1.09. The van der Waals surface area contributed by atoms with Crippen molar-refractivity contribution in [2.45, 2.75) is 19.3 Å². The summed E-state index contributed by atoms with van der Waals surface area (Å²) in [4.78, 5) is 18.9. The molecule has 0 unspecified atom stereocenters. The van der Waals surface area contributed by atoms with Gasteiger partial charge in [0.25, 0.3) is 5.56 Å². The molecule has 0 saturated heterocycles. The van der Waals surface area contributed by atoms with Gasteiger partial charge in [-0.05, 0) is 47.3 Å². The average Bonchev–Trinajstić information content (AvgIpc) is 2.85. The lowest BCUT2D eigenvalue weighted by molar-refractivity contribution is 0.550. The van der Waals surface area contributed by atoms with Crippen molar-refractivity contribution in [1.82, 2.24) is 9.97 Å². The number of hydrogen-bond acceptors (Lipinski definition) is 3. The Morgan fingerprint density at radius 3 is 3.00 bits per heavy atom. The van der Waals surface area contributed by atoms with Gasteiger partial charge >= 0.3 is 0 Å². The third-order valence-electron chi connectivity index (χ3n) is 2.75. The molecule has 0 saturated carbocycles. The van der Waals surface area contributed by atoms with Crippen molar-refractivity contribution < 1.29 is 4.42 Å². The fraction of sp³-hybridized carbons (Fsp3) is 0.273. The van der Waals surface area contributed by atoms with E-state index in [1.807, 2.05) is 0 Å². The summed E-state index contributed by atoms with van der Waals surface area (Å²) in [5, 5.41) is 0. The van der Waals surface area contributed by atoms with Gasteiger partial charge in [-0.2, -0.15) is 0 Å². The Balaban J connectivity index is 2.16. The number of nitrogens with zero attached hydrogens (tertiary/aromatic N) is 1. The highest BCUT2D eigenvalue weighted by Crippen LogP contribution is 2.23. The minimum absolute atomic E-state index is 0.0370. The Bertz CT molecular complexity index is 600. The van der Waals surface area contributed by atoms with Crippen LogP contribution in [0.4, 0.5) is 0 Å². The van der Waals surface area contributed by atoms with E-state index in [0.717, 1.165) is 30.5 Å². The lowest BCUT2D eigenvalue weighted by Crippen LogP contribution is -2.14. The summed E-state index contributed by atoms with van der Waals surface area (Å²) in [6.07, 6.45) is 2.73. The largest absolute Gasteiger partial charge is 0.446 e. The van der Waals surface area contributed by atoms with E-state index in [0.29, 0.717) is 16.3 Å². The van der Waals surface area contributed by atoms with Crippen LogP contribution in [0.25, 0.3) is 11.6 Å². The number of hydrogen-bond donors (Lipinski definition) is 1. The molecule has 16 heavy (non-hydrogen) atoms. The van der Waals surface area contributed by atoms with Crippen LogP contribution in [0.15, 0.2) is 26.0 Å².